The number of amides is 1. The van der Waals surface area contributed by atoms with Crippen molar-refractivity contribution in [3.8, 4) is 5.75 Å². The molecule has 0 bridgehead atoms. The molecule has 0 heterocycles. The minimum Gasteiger partial charge on any atom is -0.491 e. The van der Waals surface area contributed by atoms with Crippen molar-refractivity contribution in [1.29, 1.82) is 0 Å². The van der Waals surface area contributed by atoms with Crippen LogP contribution in [-0.2, 0) is 11.2 Å². The Morgan fingerprint density at radius 2 is 1.75 bits per heavy atom. The summed E-state index contributed by atoms with van der Waals surface area (Å²) in [7, 11) is 0. The number of hydrogen-bond donors (Lipinski definition) is 2. The van der Waals surface area contributed by atoms with E-state index in [4.69, 9.17) is 4.74 Å². The van der Waals surface area contributed by atoms with Crippen LogP contribution in [0.4, 0.5) is 5.69 Å². The van der Waals surface area contributed by atoms with E-state index in [1.54, 1.807) is 0 Å². The molecule has 0 aliphatic heterocycles. The van der Waals surface area contributed by atoms with E-state index >= 15 is 0 Å². The number of benzene rings is 2. The minimum absolute atomic E-state index is 0.0661. The molecule has 0 radical (unpaired) electrons. The van der Waals surface area contributed by atoms with Gasteiger partial charge in [0, 0.05) is 0 Å². The van der Waals surface area contributed by atoms with Crippen LogP contribution >= 0.6 is 0 Å². The molecule has 0 aliphatic rings. The molecule has 0 spiro atoms. The minimum atomic E-state index is -0.0661. The molecule has 0 unspecified atom stereocenters. The predicted molar refractivity (Wildman–Crippen MR) is 98.4 cm³/mol. The first kappa shape index (κ1) is 18.0. The first-order chi connectivity index (χ1) is 11.6. The number of nitrogens with one attached hydrogen (secondary N) is 2. The Hall–Kier alpha value is -2.33. The van der Waals surface area contributed by atoms with Gasteiger partial charge in [-0.2, -0.15) is 0 Å². The largest absolute Gasteiger partial charge is 0.491 e. The lowest BCUT2D eigenvalue weighted by Crippen LogP contribution is -2.29. The zero-order valence-electron chi connectivity index (χ0n) is 14.4. The van der Waals surface area contributed by atoms with Crippen LogP contribution in [0.2, 0.25) is 0 Å². The van der Waals surface area contributed by atoms with Crippen molar-refractivity contribution in [2.75, 3.05) is 25.0 Å². The highest BCUT2D eigenvalue weighted by molar-refractivity contribution is 5.93. The lowest BCUT2D eigenvalue weighted by atomic mass is 10.1. The van der Waals surface area contributed by atoms with Crippen LogP contribution in [0.15, 0.2) is 54.6 Å². The summed E-state index contributed by atoms with van der Waals surface area (Å²) in [6.45, 7) is 5.87. The van der Waals surface area contributed by atoms with E-state index in [2.05, 4.69) is 36.6 Å². The van der Waals surface area contributed by atoms with E-state index in [1.165, 1.54) is 5.56 Å². The molecule has 0 aliphatic carbocycles. The van der Waals surface area contributed by atoms with Gasteiger partial charge in [0.25, 0.3) is 0 Å². The Morgan fingerprint density at radius 3 is 2.50 bits per heavy atom. The normalized spacial score (nSPS) is 10.6. The van der Waals surface area contributed by atoms with Crippen molar-refractivity contribution < 1.29 is 9.53 Å². The molecule has 24 heavy (non-hydrogen) atoms. The monoisotopic (exact) mass is 326 g/mol. The fraction of sp³-hybridized carbons (Fsp3) is 0.350. The van der Waals surface area contributed by atoms with E-state index in [9.17, 15) is 4.79 Å². The fourth-order valence-electron chi connectivity index (χ4n) is 2.23. The van der Waals surface area contributed by atoms with Gasteiger partial charge >= 0.3 is 0 Å². The van der Waals surface area contributed by atoms with Gasteiger partial charge in [0.15, 0.2) is 0 Å². The lowest BCUT2D eigenvalue weighted by molar-refractivity contribution is -0.115. The van der Waals surface area contributed by atoms with Gasteiger partial charge in [0.2, 0.25) is 5.91 Å². The summed E-state index contributed by atoms with van der Waals surface area (Å²) >= 11 is 0. The van der Waals surface area contributed by atoms with Crippen LogP contribution in [-0.4, -0.2) is 25.6 Å². The van der Waals surface area contributed by atoms with Gasteiger partial charge in [0.1, 0.15) is 5.75 Å². The number of carbonyl (C=O) groups excluding carboxylic acids is 1. The molecule has 1 amide bonds. The van der Waals surface area contributed by atoms with Gasteiger partial charge in [-0.15, -0.1) is 0 Å². The van der Waals surface area contributed by atoms with E-state index in [0.717, 1.165) is 13.0 Å². The van der Waals surface area contributed by atoms with Gasteiger partial charge < -0.3 is 15.4 Å². The maximum absolute atomic E-state index is 12.1. The molecular formula is C20H26N2O2. The van der Waals surface area contributed by atoms with Gasteiger partial charge in [-0.25, -0.2) is 0 Å². The molecule has 0 saturated carbocycles. The average Bonchev–Trinajstić information content (AvgIpc) is 2.59. The SMILES string of the molecule is CC(C)COc1ccccc1NC(=O)CNCCc1ccccc1. The molecule has 0 aromatic heterocycles. The Bertz CT molecular complexity index is 627. The number of rotatable bonds is 9. The zero-order valence-corrected chi connectivity index (χ0v) is 14.4. The Balaban J connectivity index is 1.76. The summed E-state index contributed by atoms with van der Waals surface area (Å²) < 4.78 is 5.75. The standard InChI is InChI=1S/C20H26N2O2/c1-16(2)15-24-19-11-7-6-10-18(19)22-20(23)14-21-13-12-17-8-4-3-5-9-17/h3-11,16,21H,12-15H2,1-2H3,(H,22,23). The van der Waals surface area contributed by atoms with Crippen molar-refractivity contribution >= 4 is 11.6 Å². The predicted octanol–water partition coefficient (Wildman–Crippen LogP) is 3.49. The maximum atomic E-state index is 12.1. The summed E-state index contributed by atoms with van der Waals surface area (Å²) in [6, 6.07) is 17.8. The van der Waals surface area contributed by atoms with Crippen LogP contribution in [0.1, 0.15) is 19.4 Å². The molecule has 2 aromatic carbocycles. The van der Waals surface area contributed by atoms with Gasteiger partial charge in [-0.3, -0.25) is 4.79 Å². The van der Waals surface area contributed by atoms with E-state index in [-0.39, 0.29) is 12.5 Å². The van der Waals surface area contributed by atoms with Crippen LogP contribution in [0.5, 0.6) is 5.75 Å². The smallest absolute Gasteiger partial charge is 0.238 e. The first-order valence-corrected chi connectivity index (χ1v) is 8.41. The second-order valence-corrected chi connectivity index (χ2v) is 6.16. The summed E-state index contributed by atoms with van der Waals surface area (Å²) in [4.78, 5) is 12.1. The third kappa shape index (κ3) is 6.42. The molecule has 2 aromatic rings. The second-order valence-electron chi connectivity index (χ2n) is 6.16. The Morgan fingerprint density at radius 1 is 1.04 bits per heavy atom. The number of ether oxygens (including phenoxy) is 1. The van der Waals surface area contributed by atoms with E-state index in [1.807, 2.05) is 42.5 Å². The zero-order chi connectivity index (χ0) is 17.2. The Labute approximate surface area is 144 Å². The number of anilines is 1. The quantitative estimate of drug-likeness (QED) is 0.694. The summed E-state index contributed by atoms with van der Waals surface area (Å²) in [6.07, 6.45) is 0.905. The van der Waals surface area contributed by atoms with Gasteiger partial charge in [-0.05, 0) is 36.6 Å². The first-order valence-electron chi connectivity index (χ1n) is 8.41. The van der Waals surface area contributed by atoms with Gasteiger partial charge in [-0.1, -0.05) is 56.3 Å². The molecule has 2 rings (SSSR count). The highest BCUT2D eigenvalue weighted by Gasteiger charge is 2.08. The molecule has 0 atom stereocenters. The third-order valence-electron chi connectivity index (χ3n) is 3.45. The molecule has 4 heteroatoms. The van der Waals surface area contributed by atoms with Crippen LogP contribution < -0.4 is 15.4 Å². The summed E-state index contributed by atoms with van der Waals surface area (Å²) in [5.41, 5.74) is 1.98. The van der Waals surface area contributed by atoms with Gasteiger partial charge in [0.05, 0.1) is 18.8 Å². The fourth-order valence-corrected chi connectivity index (χ4v) is 2.23. The molecule has 0 saturated heterocycles. The van der Waals surface area contributed by atoms with Crippen molar-refractivity contribution in [3.05, 3.63) is 60.2 Å². The van der Waals surface area contributed by atoms with Crippen molar-refractivity contribution in [2.24, 2.45) is 5.92 Å². The molecular weight excluding hydrogens is 300 g/mol. The molecule has 4 nitrogen and oxygen atoms in total. The van der Waals surface area contributed by atoms with Crippen LogP contribution in [0.3, 0.4) is 0 Å². The number of para-hydroxylation sites is 2. The molecule has 2 N–H and O–H groups in total. The molecule has 0 fully saturated rings. The van der Waals surface area contributed by atoms with Crippen LogP contribution in [0.25, 0.3) is 0 Å². The maximum Gasteiger partial charge on any atom is 0.238 e. The van der Waals surface area contributed by atoms with Crippen molar-refractivity contribution in [1.82, 2.24) is 5.32 Å². The van der Waals surface area contributed by atoms with Crippen molar-refractivity contribution in [3.63, 3.8) is 0 Å². The topological polar surface area (TPSA) is 50.4 Å². The number of hydrogen-bond acceptors (Lipinski definition) is 3. The average molecular weight is 326 g/mol. The number of carbonyl (C=O) groups is 1. The molecule has 128 valence electrons. The van der Waals surface area contributed by atoms with Crippen LogP contribution in [0, 0.1) is 5.92 Å². The highest BCUT2D eigenvalue weighted by atomic mass is 16.5. The summed E-state index contributed by atoms with van der Waals surface area (Å²) in [5, 5.41) is 6.08. The highest BCUT2D eigenvalue weighted by Crippen LogP contribution is 2.24. The van der Waals surface area contributed by atoms with E-state index < -0.39 is 0 Å². The Kier molecular flexibility index (Phi) is 7.30. The lowest BCUT2D eigenvalue weighted by Gasteiger charge is -2.14. The second kappa shape index (κ2) is 9.73. The third-order valence-corrected chi connectivity index (χ3v) is 3.45. The van der Waals surface area contributed by atoms with Crippen molar-refractivity contribution in [2.45, 2.75) is 20.3 Å². The van der Waals surface area contributed by atoms with E-state index in [0.29, 0.717) is 24.0 Å². The summed E-state index contributed by atoms with van der Waals surface area (Å²) in [5.74, 6) is 1.08.